The summed E-state index contributed by atoms with van der Waals surface area (Å²) in [6.45, 7) is 2.12. The first-order valence-electron chi connectivity index (χ1n) is 6.77. The van der Waals surface area contributed by atoms with Crippen LogP contribution in [0.4, 0.5) is 5.13 Å². The zero-order valence-corrected chi connectivity index (χ0v) is 14.2. The molecule has 2 heterocycles. The summed E-state index contributed by atoms with van der Waals surface area (Å²) in [6, 6.07) is 11.6. The Morgan fingerprint density at radius 3 is 2.68 bits per heavy atom. The van der Waals surface area contributed by atoms with Crippen LogP contribution < -0.4 is 5.32 Å². The minimum Gasteiger partial charge on any atom is -0.444 e. The predicted molar refractivity (Wildman–Crippen MR) is 91.3 cm³/mol. The largest absolute Gasteiger partial charge is 0.444 e. The molecule has 0 unspecified atom stereocenters. The van der Waals surface area contributed by atoms with Gasteiger partial charge >= 0.3 is 0 Å². The van der Waals surface area contributed by atoms with Crippen LogP contribution in [0.25, 0.3) is 11.3 Å². The summed E-state index contributed by atoms with van der Waals surface area (Å²) in [5, 5.41) is 5.21. The summed E-state index contributed by atoms with van der Waals surface area (Å²) in [5.74, 6) is -0.0659. The molecular weight excluding hydrogens is 364 g/mol. The Balaban J connectivity index is 1.74. The molecule has 0 radical (unpaired) electrons. The number of aryl methyl sites for hydroxylation is 1. The Kier molecular flexibility index (Phi) is 4.40. The van der Waals surface area contributed by atoms with Crippen LogP contribution in [0.1, 0.15) is 23.0 Å². The SMILES string of the molecule is CCc1ccc(-c2csc(NC(=O)c3ccc(Br)o3)n2)cc1. The van der Waals surface area contributed by atoms with Crippen molar-refractivity contribution in [1.82, 2.24) is 4.98 Å². The smallest absolute Gasteiger partial charge is 0.293 e. The molecule has 0 saturated carbocycles. The van der Waals surface area contributed by atoms with Crippen molar-refractivity contribution >= 4 is 38.3 Å². The molecule has 4 nitrogen and oxygen atoms in total. The van der Waals surface area contributed by atoms with Crippen LogP contribution >= 0.6 is 27.3 Å². The second-order valence-corrected chi connectivity index (χ2v) is 6.29. The standard InChI is InChI=1S/C16H13BrN2O2S/c1-2-10-3-5-11(6-4-10)12-9-22-16(18-12)19-15(20)13-7-8-14(17)21-13/h3-9H,2H2,1H3,(H,18,19,20). The molecular formula is C16H13BrN2O2S. The molecule has 0 bridgehead atoms. The number of carbonyl (C=O) groups is 1. The molecule has 0 aliphatic heterocycles. The average Bonchev–Trinajstić information content (AvgIpc) is 3.16. The van der Waals surface area contributed by atoms with Gasteiger partial charge in [-0.25, -0.2) is 4.98 Å². The van der Waals surface area contributed by atoms with Gasteiger partial charge in [0.1, 0.15) is 0 Å². The number of aromatic nitrogens is 1. The van der Waals surface area contributed by atoms with E-state index in [0.29, 0.717) is 9.80 Å². The van der Waals surface area contributed by atoms with Crippen molar-refractivity contribution in [3.05, 3.63) is 57.8 Å². The highest BCUT2D eigenvalue weighted by molar-refractivity contribution is 9.10. The van der Waals surface area contributed by atoms with Gasteiger partial charge in [-0.1, -0.05) is 31.2 Å². The fourth-order valence-electron chi connectivity index (χ4n) is 1.97. The number of furan rings is 1. The van der Waals surface area contributed by atoms with Crippen LogP contribution in [0, 0.1) is 0 Å². The third kappa shape index (κ3) is 3.28. The zero-order valence-electron chi connectivity index (χ0n) is 11.8. The van der Waals surface area contributed by atoms with E-state index >= 15 is 0 Å². The van der Waals surface area contributed by atoms with Crippen LogP contribution in [0.3, 0.4) is 0 Å². The minimum atomic E-state index is -0.312. The van der Waals surface area contributed by atoms with Gasteiger partial charge in [0.2, 0.25) is 0 Å². The van der Waals surface area contributed by atoms with E-state index in [1.165, 1.54) is 16.9 Å². The van der Waals surface area contributed by atoms with Gasteiger partial charge in [0.25, 0.3) is 5.91 Å². The van der Waals surface area contributed by atoms with E-state index < -0.39 is 0 Å². The van der Waals surface area contributed by atoms with Crippen molar-refractivity contribution in [3.63, 3.8) is 0 Å². The molecule has 1 aromatic carbocycles. The predicted octanol–water partition coefficient (Wildman–Crippen LogP) is 4.98. The molecule has 22 heavy (non-hydrogen) atoms. The summed E-state index contributed by atoms with van der Waals surface area (Å²) in [5.41, 5.74) is 3.18. The Hall–Kier alpha value is -1.92. The highest BCUT2D eigenvalue weighted by Crippen LogP contribution is 2.26. The Bertz CT molecular complexity index is 793. The van der Waals surface area contributed by atoms with Crippen LogP contribution in [-0.2, 0) is 6.42 Å². The number of nitrogens with one attached hydrogen (secondary N) is 1. The summed E-state index contributed by atoms with van der Waals surface area (Å²) in [6.07, 6.45) is 1.01. The summed E-state index contributed by atoms with van der Waals surface area (Å²) in [4.78, 5) is 16.4. The lowest BCUT2D eigenvalue weighted by molar-refractivity contribution is 0.0995. The quantitative estimate of drug-likeness (QED) is 0.698. The molecule has 6 heteroatoms. The van der Waals surface area contributed by atoms with Crippen molar-refractivity contribution in [3.8, 4) is 11.3 Å². The molecule has 3 aromatic rings. The van der Waals surface area contributed by atoms with E-state index in [0.717, 1.165) is 17.7 Å². The maximum absolute atomic E-state index is 12.0. The Morgan fingerprint density at radius 2 is 2.05 bits per heavy atom. The van der Waals surface area contributed by atoms with Gasteiger partial charge in [-0.3, -0.25) is 10.1 Å². The van der Waals surface area contributed by atoms with Crippen molar-refractivity contribution < 1.29 is 9.21 Å². The summed E-state index contributed by atoms with van der Waals surface area (Å²) < 4.78 is 5.74. The number of hydrogen-bond acceptors (Lipinski definition) is 4. The number of carbonyl (C=O) groups excluding carboxylic acids is 1. The van der Waals surface area contributed by atoms with E-state index in [9.17, 15) is 4.79 Å². The molecule has 3 rings (SSSR count). The third-order valence-corrected chi connectivity index (χ3v) is 4.36. The minimum absolute atomic E-state index is 0.246. The first kappa shape index (κ1) is 15.0. The van der Waals surface area contributed by atoms with Gasteiger partial charge in [-0.2, -0.15) is 0 Å². The number of hydrogen-bond donors (Lipinski definition) is 1. The van der Waals surface area contributed by atoms with Crippen LogP contribution in [0.5, 0.6) is 0 Å². The van der Waals surface area contributed by atoms with E-state index in [1.807, 2.05) is 17.5 Å². The number of nitrogens with zero attached hydrogens (tertiary/aromatic N) is 1. The second kappa shape index (κ2) is 6.46. The average molecular weight is 377 g/mol. The highest BCUT2D eigenvalue weighted by atomic mass is 79.9. The molecule has 0 atom stereocenters. The molecule has 1 amide bonds. The van der Waals surface area contributed by atoms with E-state index in [4.69, 9.17) is 4.42 Å². The molecule has 1 N–H and O–H groups in total. The number of thiazole rings is 1. The van der Waals surface area contributed by atoms with Gasteiger partial charge in [0, 0.05) is 10.9 Å². The van der Waals surface area contributed by atoms with Gasteiger partial charge in [0.05, 0.1) is 5.69 Å². The van der Waals surface area contributed by atoms with Crippen LogP contribution in [0.15, 0.2) is 50.9 Å². The number of benzene rings is 1. The van der Waals surface area contributed by atoms with Crippen molar-refractivity contribution in [2.45, 2.75) is 13.3 Å². The fraction of sp³-hybridized carbons (Fsp3) is 0.125. The van der Waals surface area contributed by atoms with Gasteiger partial charge in [-0.15, -0.1) is 11.3 Å². The second-order valence-electron chi connectivity index (χ2n) is 4.65. The van der Waals surface area contributed by atoms with Crippen molar-refractivity contribution in [2.24, 2.45) is 0 Å². The van der Waals surface area contributed by atoms with Crippen LogP contribution in [0.2, 0.25) is 0 Å². The summed E-state index contributed by atoms with van der Waals surface area (Å²) >= 11 is 4.56. The lowest BCUT2D eigenvalue weighted by atomic mass is 10.1. The van der Waals surface area contributed by atoms with E-state index in [2.05, 4.69) is 45.3 Å². The Morgan fingerprint density at radius 1 is 1.27 bits per heavy atom. The van der Waals surface area contributed by atoms with E-state index in [-0.39, 0.29) is 11.7 Å². The zero-order chi connectivity index (χ0) is 15.5. The van der Waals surface area contributed by atoms with Crippen molar-refractivity contribution in [2.75, 3.05) is 5.32 Å². The third-order valence-electron chi connectivity index (χ3n) is 3.18. The number of rotatable bonds is 4. The first-order chi connectivity index (χ1) is 10.7. The summed E-state index contributed by atoms with van der Waals surface area (Å²) in [7, 11) is 0. The normalized spacial score (nSPS) is 10.6. The maximum atomic E-state index is 12.0. The van der Waals surface area contributed by atoms with Gasteiger partial charge < -0.3 is 4.42 Å². The molecule has 2 aromatic heterocycles. The van der Waals surface area contributed by atoms with Crippen molar-refractivity contribution in [1.29, 1.82) is 0 Å². The number of halogens is 1. The monoisotopic (exact) mass is 376 g/mol. The number of amides is 1. The molecule has 0 saturated heterocycles. The van der Waals surface area contributed by atoms with Gasteiger partial charge in [0.15, 0.2) is 15.6 Å². The highest BCUT2D eigenvalue weighted by Gasteiger charge is 2.13. The maximum Gasteiger partial charge on any atom is 0.293 e. The molecule has 0 aliphatic rings. The first-order valence-corrected chi connectivity index (χ1v) is 8.44. The lowest BCUT2D eigenvalue weighted by Gasteiger charge is -2.00. The van der Waals surface area contributed by atoms with Gasteiger partial charge in [-0.05, 0) is 40.0 Å². The molecule has 0 spiro atoms. The molecule has 0 fully saturated rings. The van der Waals surface area contributed by atoms with E-state index in [1.54, 1.807) is 12.1 Å². The Labute approximate surface area is 140 Å². The molecule has 0 aliphatic carbocycles. The fourth-order valence-corrected chi connectivity index (χ4v) is 2.99. The molecule has 112 valence electrons. The lowest BCUT2D eigenvalue weighted by Crippen LogP contribution is -2.10. The number of anilines is 1. The van der Waals surface area contributed by atoms with Crippen LogP contribution in [-0.4, -0.2) is 10.9 Å². The topological polar surface area (TPSA) is 55.1 Å².